The lowest BCUT2D eigenvalue weighted by Crippen LogP contribution is -2.30. The smallest absolute Gasteiger partial charge is 0.407 e. The van der Waals surface area contributed by atoms with Crippen molar-refractivity contribution in [1.82, 2.24) is 19.4 Å². The summed E-state index contributed by atoms with van der Waals surface area (Å²) in [5.74, 6) is 1.02. The summed E-state index contributed by atoms with van der Waals surface area (Å²) in [4.78, 5) is 22.1. The first kappa shape index (κ1) is 19.7. The lowest BCUT2D eigenvalue weighted by molar-refractivity contribution is 0.143. The fourth-order valence-electron chi connectivity index (χ4n) is 3.35. The lowest BCUT2D eigenvalue weighted by Gasteiger charge is -2.18. The summed E-state index contributed by atoms with van der Waals surface area (Å²) in [5.41, 5.74) is 10.9. The Bertz CT molecular complexity index is 1190. The zero-order valence-corrected chi connectivity index (χ0v) is 18.2. The molecule has 0 aliphatic rings. The van der Waals surface area contributed by atoms with Gasteiger partial charge in [0.15, 0.2) is 5.82 Å². The number of amides is 1. The Morgan fingerprint density at radius 2 is 1.97 bits per heavy atom. The van der Waals surface area contributed by atoms with Crippen molar-refractivity contribution in [2.45, 2.75) is 25.3 Å². The van der Waals surface area contributed by atoms with Gasteiger partial charge in [-0.2, -0.15) is 0 Å². The predicted molar refractivity (Wildman–Crippen MR) is 120 cm³/mol. The van der Waals surface area contributed by atoms with E-state index in [1.807, 2.05) is 18.4 Å². The number of alkyl halides is 1. The average molecular weight is 474 g/mol. The van der Waals surface area contributed by atoms with Crippen LogP contribution in [0.2, 0.25) is 0 Å². The Hall–Kier alpha value is -2.65. The van der Waals surface area contributed by atoms with E-state index in [1.165, 1.54) is 10.5 Å². The molecular formula is C20H20BrN5O2S. The number of fused-ring (bicyclic) bond motifs is 3. The largest absolute Gasteiger partial charge is 0.465 e. The van der Waals surface area contributed by atoms with Gasteiger partial charge in [0.25, 0.3) is 0 Å². The molecule has 0 saturated carbocycles. The number of nitrogens with two attached hydrogens (primary N) is 1. The summed E-state index contributed by atoms with van der Waals surface area (Å²) >= 11 is 5.06. The summed E-state index contributed by atoms with van der Waals surface area (Å²) in [6, 6.07) is 10.3. The second kappa shape index (κ2) is 8.00. The van der Waals surface area contributed by atoms with Crippen LogP contribution in [0.4, 0.5) is 10.6 Å². The number of benzene rings is 1. The van der Waals surface area contributed by atoms with Gasteiger partial charge in [-0.1, -0.05) is 40.2 Å². The summed E-state index contributed by atoms with van der Waals surface area (Å²) in [7, 11) is 0. The van der Waals surface area contributed by atoms with Gasteiger partial charge in [-0.15, -0.1) is 11.3 Å². The minimum Gasteiger partial charge on any atom is -0.465 e. The average Bonchev–Trinajstić information content (AvgIpc) is 3.31. The van der Waals surface area contributed by atoms with Crippen molar-refractivity contribution in [3.05, 3.63) is 52.7 Å². The van der Waals surface area contributed by atoms with Gasteiger partial charge in [0, 0.05) is 18.4 Å². The number of carboxylic acid groups (broad SMARTS) is 1. The SMILES string of the molecule is CCN(Cc1nc2c(N)nc3ccsc3c2n1Cc1ccc(CBr)cc1)C(=O)O. The number of hydrogen-bond acceptors (Lipinski definition) is 5. The minimum absolute atomic E-state index is 0.187. The molecule has 4 rings (SSSR count). The highest BCUT2D eigenvalue weighted by molar-refractivity contribution is 9.08. The topological polar surface area (TPSA) is 97.3 Å². The third kappa shape index (κ3) is 3.67. The van der Waals surface area contributed by atoms with Crippen LogP contribution in [0.25, 0.3) is 21.3 Å². The zero-order chi connectivity index (χ0) is 20.5. The highest BCUT2D eigenvalue weighted by atomic mass is 79.9. The van der Waals surface area contributed by atoms with Crippen LogP contribution >= 0.6 is 27.3 Å². The summed E-state index contributed by atoms with van der Waals surface area (Å²) in [6.07, 6.45) is -0.972. The molecule has 0 aliphatic carbocycles. The van der Waals surface area contributed by atoms with Gasteiger partial charge in [-0.25, -0.2) is 14.8 Å². The van der Waals surface area contributed by atoms with Gasteiger partial charge in [0.2, 0.25) is 0 Å². The molecular weight excluding hydrogens is 454 g/mol. The van der Waals surface area contributed by atoms with E-state index >= 15 is 0 Å². The van der Waals surface area contributed by atoms with Gasteiger partial charge in [0.05, 0.1) is 22.3 Å². The number of carbonyl (C=O) groups is 1. The third-order valence-corrected chi connectivity index (χ3v) is 6.45. The maximum absolute atomic E-state index is 11.6. The Morgan fingerprint density at radius 3 is 2.62 bits per heavy atom. The van der Waals surface area contributed by atoms with Crippen molar-refractivity contribution < 1.29 is 9.90 Å². The van der Waals surface area contributed by atoms with E-state index in [1.54, 1.807) is 11.3 Å². The van der Waals surface area contributed by atoms with E-state index in [4.69, 9.17) is 10.7 Å². The Kier molecular flexibility index (Phi) is 5.42. The maximum atomic E-state index is 11.6. The molecule has 0 bridgehead atoms. The number of anilines is 1. The van der Waals surface area contributed by atoms with Crippen molar-refractivity contribution in [2.24, 2.45) is 0 Å². The van der Waals surface area contributed by atoms with Crippen molar-refractivity contribution in [1.29, 1.82) is 0 Å². The number of rotatable bonds is 6. The number of thiophene rings is 1. The van der Waals surface area contributed by atoms with Crippen LogP contribution in [0.5, 0.6) is 0 Å². The van der Waals surface area contributed by atoms with Crippen LogP contribution in [0.3, 0.4) is 0 Å². The quantitative estimate of drug-likeness (QED) is 0.396. The van der Waals surface area contributed by atoms with Gasteiger partial charge in [-0.3, -0.25) is 0 Å². The molecule has 7 nitrogen and oxygen atoms in total. The van der Waals surface area contributed by atoms with Gasteiger partial charge in [0.1, 0.15) is 11.3 Å². The van der Waals surface area contributed by atoms with E-state index in [9.17, 15) is 9.90 Å². The fraction of sp³-hybridized carbons (Fsp3) is 0.250. The van der Waals surface area contributed by atoms with E-state index < -0.39 is 6.09 Å². The number of nitrogens with zero attached hydrogens (tertiary/aromatic N) is 4. The predicted octanol–water partition coefficient (Wildman–Crippen LogP) is 4.67. The molecule has 9 heteroatoms. The monoisotopic (exact) mass is 473 g/mol. The fourth-order valence-corrected chi connectivity index (χ4v) is 4.61. The van der Waals surface area contributed by atoms with Crippen LogP contribution in [0, 0.1) is 0 Å². The van der Waals surface area contributed by atoms with Crippen LogP contribution < -0.4 is 5.73 Å². The minimum atomic E-state index is -0.972. The standard InChI is InChI=1S/C20H20BrN5O2S/c1-2-25(20(27)28)11-15-24-16-17(18-14(7-8-29-18)23-19(16)22)26(15)10-13-5-3-12(9-21)4-6-13/h3-8H,2,9-11H2,1H3,(H2,22,23)(H,27,28). The molecule has 0 atom stereocenters. The first-order valence-corrected chi connectivity index (χ1v) is 11.1. The summed E-state index contributed by atoms with van der Waals surface area (Å²) in [5, 5.41) is 12.3. The van der Waals surface area contributed by atoms with E-state index in [0.717, 1.165) is 26.6 Å². The van der Waals surface area contributed by atoms with Crippen molar-refractivity contribution in [3.8, 4) is 0 Å². The van der Waals surface area contributed by atoms with Crippen LogP contribution in [0.15, 0.2) is 35.7 Å². The lowest BCUT2D eigenvalue weighted by atomic mass is 10.1. The molecule has 0 spiro atoms. The first-order chi connectivity index (χ1) is 14.0. The highest BCUT2D eigenvalue weighted by Gasteiger charge is 2.21. The van der Waals surface area contributed by atoms with Gasteiger partial charge in [-0.05, 0) is 29.5 Å². The van der Waals surface area contributed by atoms with E-state index in [0.29, 0.717) is 30.2 Å². The molecule has 0 saturated heterocycles. The Morgan fingerprint density at radius 1 is 1.24 bits per heavy atom. The van der Waals surface area contributed by atoms with Gasteiger partial charge >= 0.3 is 6.09 Å². The molecule has 4 aromatic rings. The second-order valence-corrected chi connectivity index (χ2v) is 8.17. The second-order valence-electron chi connectivity index (χ2n) is 6.69. The number of halogens is 1. The molecule has 1 amide bonds. The summed E-state index contributed by atoms with van der Waals surface area (Å²) in [6.45, 7) is 2.95. The molecule has 29 heavy (non-hydrogen) atoms. The molecule has 150 valence electrons. The first-order valence-electron chi connectivity index (χ1n) is 9.15. The van der Waals surface area contributed by atoms with E-state index in [2.05, 4.69) is 49.7 Å². The molecule has 3 aromatic heterocycles. The van der Waals surface area contributed by atoms with E-state index in [-0.39, 0.29) is 6.54 Å². The molecule has 0 radical (unpaired) electrons. The number of pyridine rings is 1. The van der Waals surface area contributed by atoms with Gasteiger partial charge < -0.3 is 20.3 Å². The molecule has 0 aliphatic heterocycles. The Balaban J connectivity index is 1.89. The number of nitrogen functional groups attached to an aromatic ring is 1. The zero-order valence-electron chi connectivity index (χ0n) is 15.8. The molecule has 0 fully saturated rings. The Labute approximate surface area is 179 Å². The van der Waals surface area contributed by atoms with Crippen molar-refractivity contribution in [2.75, 3.05) is 12.3 Å². The molecule has 1 aromatic carbocycles. The molecule has 0 unspecified atom stereocenters. The third-order valence-electron chi connectivity index (χ3n) is 4.89. The number of aromatic nitrogens is 3. The maximum Gasteiger partial charge on any atom is 0.407 e. The van der Waals surface area contributed by atoms with Crippen LogP contribution in [-0.4, -0.2) is 37.2 Å². The molecule has 3 heterocycles. The van der Waals surface area contributed by atoms with Crippen molar-refractivity contribution >= 4 is 60.4 Å². The van der Waals surface area contributed by atoms with Crippen molar-refractivity contribution in [3.63, 3.8) is 0 Å². The highest BCUT2D eigenvalue weighted by Crippen LogP contribution is 2.33. The van der Waals surface area contributed by atoms with Crippen LogP contribution in [0.1, 0.15) is 23.9 Å². The van der Waals surface area contributed by atoms with Crippen LogP contribution in [-0.2, 0) is 18.4 Å². The number of hydrogen-bond donors (Lipinski definition) is 2. The number of imidazole rings is 1. The molecule has 3 N–H and O–H groups in total. The summed E-state index contributed by atoms with van der Waals surface area (Å²) < 4.78 is 3.07. The normalized spacial score (nSPS) is 11.4.